The maximum atomic E-state index is 10.6. The third-order valence-corrected chi connectivity index (χ3v) is 4.66. The molecule has 0 aliphatic heterocycles. The van der Waals surface area contributed by atoms with Gasteiger partial charge in [-0.25, -0.2) is 0 Å². The summed E-state index contributed by atoms with van der Waals surface area (Å²) in [6.45, 7) is 14.8. The van der Waals surface area contributed by atoms with Crippen molar-refractivity contribution in [3.05, 3.63) is 52.3 Å². The third-order valence-electron chi connectivity index (χ3n) is 4.66. The topological polar surface area (TPSA) is 20.2 Å². The van der Waals surface area contributed by atoms with Crippen molar-refractivity contribution >= 4 is 5.57 Å². The van der Waals surface area contributed by atoms with Crippen LogP contribution in [0.4, 0.5) is 0 Å². The fraction of sp³-hybridized carbons (Fsp3) is 0.444. The molecule has 0 bridgehead atoms. The van der Waals surface area contributed by atoms with Crippen molar-refractivity contribution in [2.45, 2.75) is 47.5 Å². The highest BCUT2D eigenvalue weighted by Gasteiger charge is 2.38. The molecule has 1 aliphatic rings. The Kier molecular flexibility index (Phi) is 3.34. The highest BCUT2D eigenvalue weighted by molar-refractivity contribution is 5.85. The van der Waals surface area contributed by atoms with E-state index in [9.17, 15) is 5.11 Å². The standard InChI is InChI=1S/C18H24O/c1-7-18(6)10-14(5)16(17(18)19)15-9-12(3)11(2)8-13(15)4/h8-9,19H,5,7,10H2,1-4,6H3. The van der Waals surface area contributed by atoms with E-state index in [-0.39, 0.29) is 5.41 Å². The van der Waals surface area contributed by atoms with Crippen LogP contribution in [0.5, 0.6) is 0 Å². The molecule has 0 heterocycles. The second-order valence-corrected chi connectivity index (χ2v) is 6.17. The van der Waals surface area contributed by atoms with E-state index >= 15 is 0 Å². The molecule has 0 aromatic heterocycles. The van der Waals surface area contributed by atoms with Gasteiger partial charge in [0.15, 0.2) is 0 Å². The van der Waals surface area contributed by atoms with Crippen LogP contribution in [0.25, 0.3) is 5.57 Å². The molecule has 102 valence electrons. The summed E-state index contributed by atoms with van der Waals surface area (Å²) >= 11 is 0. The predicted molar refractivity (Wildman–Crippen MR) is 82.4 cm³/mol. The van der Waals surface area contributed by atoms with Crippen molar-refractivity contribution < 1.29 is 5.11 Å². The predicted octanol–water partition coefficient (Wildman–Crippen LogP) is 5.26. The van der Waals surface area contributed by atoms with Crippen molar-refractivity contribution in [1.82, 2.24) is 0 Å². The number of allylic oxidation sites excluding steroid dienone is 3. The van der Waals surface area contributed by atoms with Gasteiger partial charge in [0.2, 0.25) is 0 Å². The molecule has 0 amide bonds. The SMILES string of the molecule is C=C1CC(C)(CC)C(O)=C1c1cc(C)c(C)cc1C. The average molecular weight is 256 g/mol. The first kappa shape index (κ1) is 13.9. The third kappa shape index (κ3) is 2.11. The summed E-state index contributed by atoms with van der Waals surface area (Å²) in [5.41, 5.74) is 6.81. The van der Waals surface area contributed by atoms with E-state index in [0.717, 1.165) is 29.6 Å². The number of hydrogen-bond acceptors (Lipinski definition) is 1. The minimum absolute atomic E-state index is 0.141. The fourth-order valence-corrected chi connectivity index (χ4v) is 2.95. The molecule has 0 radical (unpaired) electrons. The molecule has 0 saturated carbocycles. The molecule has 19 heavy (non-hydrogen) atoms. The van der Waals surface area contributed by atoms with E-state index in [1.807, 2.05) is 0 Å². The zero-order valence-electron chi connectivity index (χ0n) is 12.7. The lowest BCUT2D eigenvalue weighted by Crippen LogP contribution is -2.13. The molecular formula is C18H24O. The normalized spacial score (nSPS) is 23.3. The lowest BCUT2D eigenvalue weighted by molar-refractivity contribution is 0.246. The zero-order valence-corrected chi connectivity index (χ0v) is 12.7. The number of aliphatic hydroxyl groups excluding tert-OH is 1. The van der Waals surface area contributed by atoms with Gasteiger partial charge in [-0.3, -0.25) is 0 Å². The molecule has 0 fully saturated rings. The van der Waals surface area contributed by atoms with Gasteiger partial charge < -0.3 is 5.11 Å². The average Bonchev–Trinajstić information content (AvgIpc) is 2.56. The molecule has 1 aromatic carbocycles. The van der Waals surface area contributed by atoms with Crippen molar-refractivity contribution in [2.24, 2.45) is 5.41 Å². The lowest BCUT2D eigenvalue weighted by Gasteiger charge is -2.21. The first-order chi connectivity index (χ1) is 8.80. The largest absolute Gasteiger partial charge is 0.511 e. The van der Waals surface area contributed by atoms with Crippen LogP contribution in [0.15, 0.2) is 30.0 Å². The summed E-state index contributed by atoms with van der Waals surface area (Å²) in [6, 6.07) is 4.38. The van der Waals surface area contributed by atoms with Crippen molar-refractivity contribution in [3.8, 4) is 0 Å². The number of hydrogen-bond donors (Lipinski definition) is 1. The van der Waals surface area contributed by atoms with Crippen LogP contribution in [0.2, 0.25) is 0 Å². The quantitative estimate of drug-likeness (QED) is 0.765. The van der Waals surface area contributed by atoms with E-state index in [4.69, 9.17) is 0 Å². The van der Waals surface area contributed by atoms with Gasteiger partial charge in [0, 0.05) is 11.0 Å². The summed E-state index contributed by atoms with van der Waals surface area (Å²) in [7, 11) is 0. The monoisotopic (exact) mass is 256 g/mol. The Labute approximate surface area is 116 Å². The summed E-state index contributed by atoms with van der Waals surface area (Å²) < 4.78 is 0. The molecule has 1 N–H and O–H groups in total. The maximum absolute atomic E-state index is 10.6. The summed E-state index contributed by atoms with van der Waals surface area (Å²) in [4.78, 5) is 0. The molecule has 1 atom stereocenters. The van der Waals surface area contributed by atoms with Gasteiger partial charge >= 0.3 is 0 Å². The number of aliphatic hydroxyl groups is 1. The molecule has 0 saturated heterocycles. The van der Waals surface area contributed by atoms with Gasteiger partial charge in [-0.05, 0) is 61.4 Å². The Bertz CT molecular complexity index is 578. The van der Waals surface area contributed by atoms with Crippen molar-refractivity contribution in [1.29, 1.82) is 0 Å². The van der Waals surface area contributed by atoms with Gasteiger partial charge in [-0.2, -0.15) is 0 Å². The van der Waals surface area contributed by atoms with Crippen LogP contribution in [0, 0.1) is 26.2 Å². The molecule has 1 nitrogen and oxygen atoms in total. The molecular weight excluding hydrogens is 232 g/mol. The summed E-state index contributed by atoms with van der Waals surface area (Å²) in [5.74, 6) is 0.520. The van der Waals surface area contributed by atoms with Crippen molar-refractivity contribution in [3.63, 3.8) is 0 Å². The molecule has 1 aromatic rings. The fourth-order valence-electron chi connectivity index (χ4n) is 2.95. The lowest BCUT2D eigenvalue weighted by atomic mass is 9.85. The first-order valence-corrected chi connectivity index (χ1v) is 7.00. The van der Waals surface area contributed by atoms with Crippen LogP contribution in [0.1, 0.15) is 48.9 Å². The van der Waals surface area contributed by atoms with Gasteiger partial charge in [0.05, 0.1) is 0 Å². The van der Waals surface area contributed by atoms with E-state index in [1.165, 1.54) is 16.7 Å². The maximum Gasteiger partial charge on any atom is 0.106 e. The smallest absolute Gasteiger partial charge is 0.106 e. The van der Waals surface area contributed by atoms with Gasteiger partial charge in [-0.1, -0.05) is 32.6 Å². The van der Waals surface area contributed by atoms with Gasteiger partial charge in [0.1, 0.15) is 5.76 Å². The minimum Gasteiger partial charge on any atom is -0.511 e. The molecule has 2 rings (SSSR count). The number of aryl methyl sites for hydroxylation is 3. The summed E-state index contributed by atoms with van der Waals surface area (Å²) in [5, 5.41) is 10.6. The number of rotatable bonds is 2. The molecule has 1 unspecified atom stereocenters. The van der Waals surface area contributed by atoms with Gasteiger partial charge in [0.25, 0.3) is 0 Å². The minimum atomic E-state index is -0.141. The Balaban J connectivity index is 2.65. The van der Waals surface area contributed by atoms with Crippen LogP contribution in [-0.2, 0) is 0 Å². The Morgan fingerprint density at radius 1 is 1.16 bits per heavy atom. The Morgan fingerprint density at radius 3 is 2.26 bits per heavy atom. The van der Waals surface area contributed by atoms with Crippen molar-refractivity contribution in [2.75, 3.05) is 0 Å². The van der Waals surface area contributed by atoms with Crippen LogP contribution in [0.3, 0.4) is 0 Å². The van der Waals surface area contributed by atoms with E-state index < -0.39 is 0 Å². The number of benzene rings is 1. The highest BCUT2D eigenvalue weighted by atomic mass is 16.3. The Morgan fingerprint density at radius 2 is 1.74 bits per heavy atom. The van der Waals surface area contributed by atoms with Gasteiger partial charge in [-0.15, -0.1) is 0 Å². The highest BCUT2D eigenvalue weighted by Crippen LogP contribution is 2.50. The second kappa shape index (κ2) is 4.56. The zero-order chi connectivity index (χ0) is 14.4. The van der Waals surface area contributed by atoms with Crippen LogP contribution < -0.4 is 0 Å². The molecule has 1 aliphatic carbocycles. The first-order valence-electron chi connectivity index (χ1n) is 7.00. The van der Waals surface area contributed by atoms with Crippen LogP contribution in [-0.4, -0.2) is 5.11 Å². The van der Waals surface area contributed by atoms with Crippen LogP contribution >= 0.6 is 0 Å². The van der Waals surface area contributed by atoms with E-state index in [1.54, 1.807) is 0 Å². The second-order valence-electron chi connectivity index (χ2n) is 6.17. The van der Waals surface area contributed by atoms with E-state index in [2.05, 4.69) is 53.3 Å². The molecule has 1 heteroatoms. The van der Waals surface area contributed by atoms with E-state index in [0.29, 0.717) is 5.76 Å². The summed E-state index contributed by atoms with van der Waals surface area (Å²) in [6.07, 6.45) is 1.79. The Hall–Kier alpha value is -1.50. The molecule has 0 spiro atoms.